The number of hydrogen-bond donors (Lipinski definition) is 15. The van der Waals surface area contributed by atoms with Gasteiger partial charge in [0.25, 0.3) is 53.2 Å². The highest BCUT2D eigenvalue weighted by atomic mass is 16.6. The second kappa shape index (κ2) is 52.7. The van der Waals surface area contributed by atoms with Gasteiger partial charge in [0.15, 0.2) is 29.9 Å². The van der Waals surface area contributed by atoms with Crippen LogP contribution in [-0.4, -0.2) is 274 Å². The highest BCUT2D eigenvalue weighted by Crippen LogP contribution is 2.21. The molecule has 0 aliphatic rings. The van der Waals surface area contributed by atoms with Gasteiger partial charge in [-0.2, -0.15) is 0 Å². The number of amides is 15. The molecule has 0 spiro atoms. The molecule has 0 aliphatic carbocycles. The van der Waals surface area contributed by atoms with Crippen molar-refractivity contribution in [1.82, 2.24) is 104 Å². The Hall–Kier alpha value is -14.7. The SMILES string of the molecule is CC(=O)NCCCOCCOCCOCCCNC(=O)CON=C(C)CCCC(=O)NCCCN(C)CCCNC(=O)CCNC(=O)c1cc(NC(=O)c2nc(NC(=O)CCNC(=O)c3cc(NC(=O)c4nc(NC(=O)CCCNC(=O)c5cc(NC(=O)c6nc(NC(=O)CCNC(=O)c7cc(NC(=O)c8nccn8C)cn7C)cn6C)cn5C)cn4C)cn3C)cn2C)cn1C. The summed E-state index contributed by atoms with van der Waals surface area (Å²) >= 11 is 0. The van der Waals surface area contributed by atoms with Crippen LogP contribution in [0, 0.1) is 0 Å². The number of hydrogen-bond acceptors (Lipinski definition) is 25. The summed E-state index contributed by atoms with van der Waals surface area (Å²) in [5.74, 6) is -6.43. The Kier molecular flexibility index (Phi) is 41.0. The lowest BCUT2D eigenvalue weighted by atomic mass is 10.2. The first-order chi connectivity index (χ1) is 63.2. The summed E-state index contributed by atoms with van der Waals surface area (Å²) in [5.41, 5.74) is 2.58. The molecule has 48 nitrogen and oxygen atoms in total. The zero-order valence-corrected chi connectivity index (χ0v) is 76.0. The second-order valence-corrected chi connectivity index (χ2v) is 30.8. The van der Waals surface area contributed by atoms with E-state index in [1.54, 1.807) is 80.3 Å². The van der Waals surface area contributed by atoms with Gasteiger partial charge in [0.1, 0.15) is 22.8 Å². The van der Waals surface area contributed by atoms with Crippen LogP contribution in [0.1, 0.15) is 175 Å². The van der Waals surface area contributed by atoms with E-state index >= 15 is 0 Å². The molecule has 8 aromatic heterocycles. The number of ether oxygens (including phenoxy) is 3. The molecular weight excluding hydrogens is 1720 g/mol. The van der Waals surface area contributed by atoms with Crippen molar-refractivity contribution in [3.63, 3.8) is 0 Å². The minimum atomic E-state index is -0.664. The number of rotatable bonds is 57. The molecule has 48 heteroatoms. The molecule has 15 amide bonds. The minimum absolute atomic E-state index is 0.0287. The van der Waals surface area contributed by atoms with Gasteiger partial charge in [-0.25, -0.2) is 19.9 Å². The fourth-order valence-electron chi connectivity index (χ4n) is 12.9. The molecule has 0 unspecified atom stereocenters. The molecule has 0 saturated carbocycles. The molecule has 0 radical (unpaired) electrons. The lowest BCUT2D eigenvalue weighted by molar-refractivity contribution is -0.126. The first-order valence-corrected chi connectivity index (χ1v) is 42.8. The monoisotopic (exact) mass is 1840 g/mol. The van der Waals surface area contributed by atoms with Crippen LogP contribution in [0.2, 0.25) is 0 Å². The topological polar surface area (TPSA) is 580 Å². The van der Waals surface area contributed by atoms with E-state index in [0.717, 1.165) is 19.4 Å². The molecule has 8 rings (SSSR count). The van der Waals surface area contributed by atoms with Crippen LogP contribution in [0.5, 0.6) is 0 Å². The summed E-state index contributed by atoms with van der Waals surface area (Å²) in [6.07, 6.45) is 17.6. The third-order valence-electron chi connectivity index (χ3n) is 19.6. The van der Waals surface area contributed by atoms with E-state index in [9.17, 15) is 71.9 Å². The van der Waals surface area contributed by atoms with E-state index in [1.165, 1.54) is 107 Å². The third-order valence-corrected chi connectivity index (χ3v) is 19.6. The maximum absolute atomic E-state index is 13.5. The largest absolute Gasteiger partial charge is 0.386 e. The van der Waals surface area contributed by atoms with E-state index in [-0.39, 0.29) is 169 Å². The number of imidazole rings is 4. The number of nitrogens with one attached hydrogen (secondary N) is 15. The van der Waals surface area contributed by atoms with Gasteiger partial charge in [-0.15, -0.1) is 0 Å². The number of oxime groups is 1. The van der Waals surface area contributed by atoms with Crippen molar-refractivity contribution < 1.29 is 91.0 Å². The summed E-state index contributed by atoms with van der Waals surface area (Å²) in [6, 6.07) is 5.82. The van der Waals surface area contributed by atoms with E-state index in [4.69, 9.17) is 19.0 Å². The van der Waals surface area contributed by atoms with Crippen molar-refractivity contribution in [2.24, 2.45) is 61.5 Å². The maximum Gasteiger partial charge on any atom is 0.291 e. The van der Waals surface area contributed by atoms with Gasteiger partial charge in [-0.05, 0) is 96.3 Å². The van der Waals surface area contributed by atoms with E-state index in [2.05, 4.69) is 110 Å². The fourth-order valence-corrected chi connectivity index (χ4v) is 12.9. The molecule has 0 aromatic carbocycles. The van der Waals surface area contributed by atoms with Crippen LogP contribution in [0.3, 0.4) is 0 Å². The number of nitrogens with zero attached hydrogens (tertiary/aromatic N) is 14. The van der Waals surface area contributed by atoms with Gasteiger partial charge >= 0.3 is 0 Å². The second-order valence-electron chi connectivity index (χ2n) is 30.8. The Bertz CT molecular complexity index is 5370. The predicted molar refractivity (Wildman–Crippen MR) is 484 cm³/mol. The van der Waals surface area contributed by atoms with Gasteiger partial charge in [0, 0.05) is 217 Å². The minimum Gasteiger partial charge on any atom is -0.386 e. The third kappa shape index (κ3) is 34.7. The van der Waals surface area contributed by atoms with Gasteiger partial charge in [-0.1, -0.05) is 5.16 Å². The van der Waals surface area contributed by atoms with E-state index in [0.29, 0.717) is 116 Å². The van der Waals surface area contributed by atoms with Crippen molar-refractivity contribution >= 4 is 135 Å². The Labute approximate surface area is 760 Å². The average Bonchev–Trinajstić information content (AvgIpc) is 1.69. The molecule has 0 saturated heterocycles. The van der Waals surface area contributed by atoms with Gasteiger partial charge in [0.2, 0.25) is 52.9 Å². The van der Waals surface area contributed by atoms with Gasteiger partial charge in [-0.3, -0.25) is 71.9 Å². The number of carbonyl (C=O) groups is 15. The molecular formula is C84H119N29O19. The van der Waals surface area contributed by atoms with Crippen molar-refractivity contribution in [2.75, 3.05) is 156 Å². The number of aromatic nitrogens is 12. The van der Waals surface area contributed by atoms with Crippen molar-refractivity contribution in [3.8, 4) is 0 Å². The molecule has 0 fully saturated rings. The summed E-state index contributed by atoms with van der Waals surface area (Å²) < 4.78 is 28.1. The van der Waals surface area contributed by atoms with Crippen LogP contribution in [-0.2, 0) is 109 Å². The summed E-state index contributed by atoms with van der Waals surface area (Å²) in [5, 5.41) is 44.7. The van der Waals surface area contributed by atoms with Crippen LogP contribution in [0.15, 0.2) is 85.2 Å². The van der Waals surface area contributed by atoms with Crippen LogP contribution >= 0.6 is 0 Å². The first-order valence-electron chi connectivity index (χ1n) is 42.8. The lowest BCUT2D eigenvalue weighted by Gasteiger charge is -2.16. The van der Waals surface area contributed by atoms with Crippen LogP contribution < -0.4 is 79.8 Å². The van der Waals surface area contributed by atoms with Crippen LogP contribution in [0.4, 0.5) is 40.2 Å². The molecule has 0 aliphatic heterocycles. The molecule has 132 heavy (non-hydrogen) atoms. The highest BCUT2D eigenvalue weighted by Gasteiger charge is 2.25. The predicted octanol–water partition coefficient (Wildman–Crippen LogP) is 1.36. The first kappa shape index (κ1) is 103. The molecule has 714 valence electrons. The fraction of sp³-hybridized carbons (Fsp3) is 0.476. The summed E-state index contributed by atoms with van der Waals surface area (Å²) in [7, 11) is 14.7. The Morgan fingerprint density at radius 3 is 1.05 bits per heavy atom. The zero-order valence-electron chi connectivity index (χ0n) is 76.0. The van der Waals surface area contributed by atoms with Gasteiger partial charge < -0.3 is 140 Å². The van der Waals surface area contributed by atoms with Crippen molar-refractivity contribution in [2.45, 2.75) is 90.9 Å². The number of anilines is 7. The quantitative estimate of drug-likeness (QED) is 0.0145. The number of carbonyl (C=O) groups excluding carboxylic acids is 15. The summed E-state index contributed by atoms with van der Waals surface area (Å²) in [4.78, 5) is 216. The van der Waals surface area contributed by atoms with E-state index in [1.807, 2.05) is 7.05 Å². The molecule has 15 N–H and O–H groups in total. The summed E-state index contributed by atoms with van der Waals surface area (Å²) in [6.45, 7) is 9.15. The van der Waals surface area contributed by atoms with E-state index < -0.39 is 65.0 Å². The standard InChI is InChI=1S/C84H119N29O19/c1-54(104-132-53-72(120)88-28-17-37-130-39-41-131-40-38-129-36-16-27-85-55(2)114)18-12-19-67(115)86-25-14-33-105(3)34-15-26-87-68(116)21-29-91-78(122)62-44-58(48-109(62)7)97-84(128)76-103-66(52-113(76)11)100-71(119)23-31-93-80(124)63-45-59(49-110(63)8)96-82(126)74-101-64(50-111(74)9)98-69(117)20-13-24-90-77(121)60-43-57(47-107(60)5)95-83(127)75-102-65(51-112(75)10)99-70(118)22-30-92-79(123)61-42-56(46-108(61)6)94-81(125)73-89-32-35-106(73)4/h32,35,42-52H,12-31,33-34,36-41,53H2,1-11H3,(H,85,114)(H,86,115)(H,87,116)(H,88,120)(H,90,121)(H,91,122)(H,92,123)(H,93,124)(H,94,125)(H,95,127)(H,96,126)(H,97,128)(H,98,117)(H,99,118)(H,100,119). The smallest absolute Gasteiger partial charge is 0.291 e. The van der Waals surface area contributed by atoms with Crippen molar-refractivity contribution in [1.29, 1.82) is 0 Å². The zero-order chi connectivity index (χ0) is 95.8. The molecule has 8 aromatic rings. The average molecular weight is 1840 g/mol. The van der Waals surface area contributed by atoms with Crippen LogP contribution in [0.25, 0.3) is 0 Å². The maximum atomic E-state index is 13.5. The number of aryl methyl sites for hydroxylation is 8. The van der Waals surface area contributed by atoms with Crippen molar-refractivity contribution in [3.05, 3.63) is 126 Å². The highest BCUT2D eigenvalue weighted by molar-refractivity contribution is 6.07. The normalized spacial score (nSPS) is 11.2. The Balaban J connectivity index is 0.623. The van der Waals surface area contributed by atoms with Gasteiger partial charge in [0.05, 0.1) is 54.9 Å². The molecule has 8 heterocycles. The Morgan fingerprint density at radius 2 is 0.659 bits per heavy atom. The molecule has 0 atom stereocenters. The molecule has 0 bridgehead atoms. The Morgan fingerprint density at radius 1 is 0.326 bits per heavy atom. The lowest BCUT2D eigenvalue weighted by Crippen LogP contribution is -2.33.